The minimum absolute atomic E-state index is 0.0534. The van der Waals surface area contributed by atoms with E-state index < -0.39 is 0 Å². The Balaban J connectivity index is 2.19. The van der Waals surface area contributed by atoms with Gasteiger partial charge >= 0.3 is 0 Å². The maximum atomic E-state index is 13.0. The zero-order valence-corrected chi connectivity index (χ0v) is 11.4. The Bertz CT molecular complexity index is 581. The first-order chi connectivity index (χ1) is 8.56. The van der Waals surface area contributed by atoms with Crippen molar-refractivity contribution in [2.45, 2.75) is 13.3 Å². The Labute approximate surface area is 113 Å². The van der Waals surface area contributed by atoms with E-state index in [-0.39, 0.29) is 18.0 Å². The van der Waals surface area contributed by atoms with E-state index in [1.165, 1.54) is 18.2 Å². The first-order valence-electron chi connectivity index (χ1n) is 5.46. The molecule has 1 heterocycles. The SMILES string of the molecule is Cc1cc(F)ccc1C(=O)Cc1ccc(Br)cn1. The lowest BCUT2D eigenvalue weighted by molar-refractivity contribution is 0.0991. The van der Waals surface area contributed by atoms with Gasteiger partial charge < -0.3 is 0 Å². The molecule has 0 atom stereocenters. The lowest BCUT2D eigenvalue weighted by Gasteiger charge is -2.05. The molecule has 1 aromatic heterocycles. The van der Waals surface area contributed by atoms with Gasteiger partial charge in [-0.15, -0.1) is 0 Å². The van der Waals surface area contributed by atoms with Crippen LogP contribution in [0, 0.1) is 12.7 Å². The van der Waals surface area contributed by atoms with Gasteiger partial charge in [0.25, 0.3) is 0 Å². The third kappa shape index (κ3) is 3.01. The predicted molar refractivity (Wildman–Crippen MR) is 71.1 cm³/mol. The number of ketones is 1. The average molecular weight is 308 g/mol. The largest absolute Gasteiger partial charge is 0.294 e. The lowest BCUT2D eigenvalue weighted by atomic mass is 10.0. The number of rotatable bonds is 3. The highest BCUT2D eigenvalue weighted by Crippen LogP contribution is 2.14. The van der Waals surface area contributed by atoms with Crippen LogP contribution < -0.4 is 0 Å². The average Bonchev–Trinajstić information content (AvgIpc) is 2.32. The minimum atomic E-state index is -0.328. The first kappa shape index (κ1) is 12.9. The molecular weight excluding hydrogens is 297 g/mol. The monoisotopic (exact) mass is 307 g/mol. The molecule has 0 saturated carbocycles. The molecule has 0 N–H and O–H groups in total. The van der Waals surface area contributed by atoms with Crippen molar-refractivity contribution in [2.24, 2.45) is 0 Å². The quantitative estimate of drug-likeness (QED) is 0.809. The van der Waals surface area contributed by atoms with Crippen LogP contribution in [0.5, 0.6) is 0 Å². The molecule has 2 aromatic rings. The minimum Gasteiger partial charge on any atom is -0.294 e. The van der Waals surface area contributed by atoms with Gasteiger partial charge in [-0.25, -0.2) is 4.39 Å². The second kappa shape index (κ2) is 5.40. The smallest absolute Gasteiger partial charge is 0.169 e. The summed E-state index contributed by atoms with van der Waals surface area (Å²) in [5.74, 6) is -0.381. The molecule has 0 aliphatic heterocycles. The number of carbonyl (C=O) groups excluding carboxylic acids is 1. The number of benzene rings is 1. The van der Waals surface area contributed by atoms with E-state index >= 15 is 0 Å². The molecule has 0 spiro atoms. The van der Waals surface area contributed by atoms with E-state index in [2.05, 4.69) is 20.9 Å². The number of halogens is 2. The van der Waals surface area contributed by atoms with Crippen LogP contribution in [-0.2, 0) is 6.42 Å². The molecule has 2 nitrogen and oxygen atoms in total. The van der Waals surface area contributed by atoms with Gasteiger partial charge in [-0.3, -0.25) is 9.78 Å². The molecule has 0 bridgehead atoms. The van der Waals surface area contributed by atoms with Crippen molar-refractivity contribution in [1.29, 1.82) is 0 Å². The number of aromatic nitrogens is 1. The summed E-state index contributed by atoms with van der Waals surface area (Å²) < 4.78 is 13.8. The van der Waals surface area contributed by atoms with E-state index in [4.69, 9.17) is 0 Å². The van der Waals surface area contributed by atoms with Gasteiger partial charge in [0.05, 0.1) is 6.42 Å². The molecule has 0 amide bonds. The fourth-order valence-corrected chi connectivity index (χ4v) is 1.95. The number of carbonyl (C=O) groups is 1. The summed E-state index contributed by atoms with van der Waals surface area (Å²) in [6.07, 6.45) is 1.87. The molecule has 4 heteroatoms. The van der Waals surface area contributed by atoms with Crippen LogP contribution >= 0.6 is 15.9 Å². The molecule has 0 fully saturated rings. The zero-order chi connectivity index (χ0) is 13.1. The third-order valence-corrected chi connectivity index (χ3v) is 3.09. The van der Waals surface area contributed by atoms with Crippen LogP contribution in [0.25, 0.3) is 0 Å². The van der Waals surface area contributed by atoms with Crippen molar-refractivity contribution >= 4 is 21.7 Å². The number of pyridine rings is 1. The van der Waals surface area contributed by atoms with Crippen molar-refractivity contribution in [2.75, 3.05) is 0 Å². The summed E-state index contributed by atoms with van der Waals surface area (Å²) in [7, 11) is 0. The van der Waals surface area contributed by atoms with Crippen LogP contribution in [-0.4, -0.2) is 10.8 Å². The summed E-state index contributed by atoms with van der Waals surface area (Å²) in [5, 5.41) is 0. The van der Waals surface area contributed by atoms with Crippen molar-refractivity contribution in [1.82, 2.24) is 4.98 Å². The number of hydrogen-bond donors (Lipinski definition) is 0. The van der Waals surface area contributed by atoms with Crippen LogP contribution in [0.3, 0.4) is 0 Å². The molecule has 0 aliphatic carbocycles. The van der Waals surface area contributed by atoms with Gasteiger partial charge in [-0.1, -0.05) is 0 Å². The maximum Gasteiger partial charge on any atom is 0.169 e. The highest BCUT2D eigenvalue weighted by Gasteiger charge is 2.11. The predicted octanol–water partition coefficient (Wildman–Crippen LogP) is 3.72. The van der Waals surface area contributed by atoms with Crippen molar-refractivity contribution in [3.63, 3.8) is 0 Å². The van der Waals surface area contributed by atoms with Gasteiger partial charge in [-0.05, 0) is 58.7 Å². The Kier molecular flexibility index (Phi) is 3.87. The summed E-state index contributed by atoms with van der Waals surface area (Å²) in [4.78, 5) is 16.2. The van der Waals surface area contributed by atoms with E-state index in [1.54, 1.807) is 19.2 Å². The normalized spacial score (nSPS) is 10.4. The second-order valence-electron chi connectivity index (χ2n) is 4.03. The first-order valence-corrected chi connectivity index (χ1v) is 6.25. The van der Waals surface area contributed by atoms with E-state index in [1.807, 2.05) is 6.07 Å². The maximum absolute atomic E-state index is 13.0. The number of nitrogens with zero attached hydrogens (tertiary/aromatic N) is 1. The van der Waals surface area contributed by atoms with Crippen molar-refractivity contribution in [3.05, 3.63) is 63.6 Å². The Hall–Kier alpha value is -1.55. The number of Topliss-reactive ketones (excluding diaryl/α,β-unsaturated/α-hetero) is 1. The fourth-order valence-electron chi connectivity index (χ4n) is 1.71. The van der Waals surface area contributed by atoms with E-state index in [0.29, 0.717) is 16.8 Å². The highest BCUT2D eigenvalue weighted by molar-refractivity contribution is 9.10. The molecular formula is C14H11BrFNO. The topological polar surface area (TPSA) is 30.0 Å². The van der Waals surface area contributed by atoms with Gasteiger partial charge in [0.15, 0.2) is 5.78 Å². The summed E-state index contributed by atoms with van der Waals surface area (Å²) in [6, 6.07) is 7.82. The molecule has 0 unspecified atom stereocenters. The van der Waals surface area contributed by atoms with Gasteiger partial charge in [-0.2, -0.15) is 0 Å². The summed E-state index contributed by atoms with van der Waals surface area (Å²) in [5.41, 5.74) is 1.89. The number of aryl methyl sites for hydroxylation is 1. The van der Waals surface area contributed by atoms with Gasteiger partial charge in [0.1, 0.15) is 5.82 Å². The second-order valence-corrected chi connectivity index (χ2v) is 4.94. The van der Waals surface area contributed by atoms with E-state index in [9.17, 15) is 9.18 Å². The zero-order valence-electron chi connectivity index (χ0n) is 9.78. The fraction of sp³-hybridized carbons (Fsp3) is 0.143. The Morgan fingerprint density at radius 2 is 2.11 bits per heavy atom. The van der Waals surface area contributed by atoms with E-state index in [0.717, 1.165) is 4.47 Å². The molecule has 92 valence electrons. The van der Waals surface area contributed by atoms with Gasteiger partial charge in [0, 0.05) is 21.9 Å². The lowest BCUT2D eigenvalue weighted by Crippen LogP contribution is -2.07. The van der Waals surface area contributed by atoms with Gasteiger partial charge in [0.2, 0.25) is 0 Å². The highest BCUT2D eigenvalue weighted by atomic mass is 79.9. The van der Waals surface area contributed by atoms with Crippen LogP contribution in [0.15, 0.2) is 41.0 Å². The van der Waals surface area contributed by atoms with Crippen LogP contribution in [0.4, 0.5) is 4.39 Å². The number of hydrogen-bond acceptors (Lipinski definition) is 2. The Morgan fingerprint density at radius 1 is 1.33 bits per heavy atom. The standard InChI is InChI=1S/C14H11BrFNO/c1-9-6-11(16)3-5-13(9)14(18)7-12-4-2-10(15)8-17-12/h2-6,8H,7H2,1H3. The molecule has 1 aromatic carbocycles. The van der Waals surface area contributed by atoms with Crippen LogP contribution in [0.1, 0.15) is 21.6 Å². The molecule has 0 radical (unpaired) electrons. The molecule has 18 heavy (non-hydrogen) atoms. The Morgan fingerprint density at radius 3 is 2.72 bits per heavy atom. The van der Waals surface area contributed by atoms with Crippen LogP contribution in [0.2, 0.25) is 0 Å². The third-order valence-electron chi connectivity index (χ3n) is 2.62. The molecule has 2 rings (SSSR count). The summed E-state index contributed by atoms with van der Waals surface area (Å²) >= 11 is 3.29. The summed E-state index contributed by atoms with van der Waals surface area (Å²) in [6.45, 7) is 1.73. The van der Waals surface area contributed by atoms with Crippen molar-refractivity contribution < 1.29 is 9.18 Å². The van der Waals surface area contributed by atoms with Crippen molar-refractivity contribution in [3.8, 4) is 0 Å². The molecule has 0 saturated heterocycles. The molecule has 0 aliphatic rings.